The Labute approximate surface area is 141 Å². The minimum Gasteiger partial charge on any atom is -0.353 e. The topological polar surface area (TPSA) is 79.8 Å². The Morgan fingerprint density at radius 1 is 1.33 bits per heavy atom. The summed E-state index contributed by atoms with van der Waals surface area (Å²) in [6, 6.07) is 4.12. The van der Waals surface area contributed by atoms with E-state index in [0.29, 0.717) is 12.0 Å². The predicted molar refractivity (Wildman–Crippen MR) is 91.0 cm³/mol. The molecule has 0 spiro atoms. The number of fused-ring (bicyclic) bond motifs is 1. The number of carbonyl (C=O) groups is 1. The molecular weight excluding hydrogens is 302 g/mol. The van der Waals surface area contributed by atoms with Crippen molar-refractivity contribution in [1.82, 2.24) is 20.3 Å². The second-order valence-corrected chi connectivity index (χ2v) is 6.87. The first-order chi connectivity index (χ1) is 11.6. The molecule has 2 aromatic heterocycles. The van der Waals surface area contributed by atoms with Gasteiger partial charge in [-0.1, -0.05) is 0 Å². The zero-order valence-corrected chi connectivity index (χ0v) is 13.7. The van der Waals surface area contributed by atoms with Gasteiger partial charge in [-0.15, -0.1) is 0 Å². The van der Waals surface area contributed by atoms with Crippen LogP contribution in [0.5, 0.6) is 0 Å². The van der Waals surface area contributed by atoms with Crippen LogP contribution in [0.15, 0.2) is 30.7 Å². The van der Waals surface area contributed by atoms with Crippen molar-refractivity contribution in [3.05, 3.63) is 42.0 Å². The third-order valence-corrected chi connectivity index (χ3v) is 4.84. The molecule has 2 aromatic rings. The summed E-state index contributed by atoms with van der Waals surface area (Å²) in [7, 11) is 0. The zero-order valence-electron chi connectivity index (χ0n) is 13.7. The number of aromatic nitrogens is 3. The quantitative estimate of drug-likeness (QED) is 0.903. The molecule has 0 bridgehead atoms. The molecule has 2 aliphatic carbocycles. The van der Waals surface area contributed by atoms with Crippen molar-refractivity contribution in [2.75, 3.05) is 5.32 Å². The number of pyridine rings is 1. The predicted octanol–water partition coefficient (Wildman–Crippen LogP) is 2.49. The van der Waals surface area contributed by atoms with Gasteiger partial charge in [-0.25, -0.2) is 9.97 Å². The lowest BCUT2D eigenvalue weighted by Gasteiger charge is -2.33. The van der Waals surface area contributed by atoms with Gasteiger partial charge in [0.25, 0.3) is 0 Å². The van der Waals surface area contributed by atoms with E-state index in [-0.39, 0.29) is 5.91 Å². The van der Waals surface area contributed by atoms with Crippen LogP contribution in [0.4, 0.5) is 11.6 Å². The molecule has 0 aromatic carbocycles. The van der Waals surface area contributed by atoms with E-state index in [4.69, 9.17) is 4.98 Å². The van der Waals surface area contributed by atoms with E-state index >= 15 is 0 Å². The molecule has 0 saturated heterocycles. The molecule has 6 heteroatoms. The van der Waals surface area contributed by atoms with Gasteiger partial charge in [0.15, 0.2) is 0 Å². The lowest BCUT2D eigenvalue weighted by atomic mass is 9.74. The Balaban J connectivity index is 1.65. The number of nitrogens with zero attached hydrogens (tertiary/aromatic N) is 3. The largest absolute Gasteiger partial charge is 0.353 e. The molecule has 24 heavy (non-hydrogen) atoms. The average molecular weight is 323 g/mol. The second kappa shape index (κ2) is 5.85. The van der Waals surface area contributed by atoms with Gasteiger partial charge in [-0.05, 0) is 56.7 Å². The molecule has 2 aliphatic rings. The fraction of sp³-hybridized carbons (Fsp3) is 0.444. The molecule has 1 fully saturated rings. The van der Waals surface area contributed by atoms with Crippen LogP contribution >= 0.6 is 0 Å². The highest BCUT2D eigenvalue weighted by Crippen LogP contribution is 2.37. The van der Waals surface area contributed by atoms with E-state index in [1.807, 2.05) is 25.3 Å². The molecule has 1 atom stereocenters. The molecule has 0 radical (unpaired) electrons. The van der Waals surface area contributed by atoms with Gasteiger partial charge in [-0.2, -0.15) is 0 Å². The molecule has 124 valence electrons. The lowest BCUT2D eigenvalue weighted by molar-refractivity contribution is -0.127. The molecule has 1 unspecified atom stereocenters. The highest BCUT2D eigenvalue weighted by Gasteiger charge is 2.42. The Bertz CT molecular complexity index is 759. The normalized spacial score (nSPS) is 22.5. The van der Waals surface area contributed by atoms with Crippen LogP contribution < -0.4 is 10.6 Å². The molecule has 0 aliphatic heterocycles. The summed E-state index contributed by atoms with van der Waals surface area (Å²) < 4.78 is 0. The van der Waals surface area contributed by atoms with Crippen molar-refractivity contribution in [3.8, 4) is 0 Å². The minimum absolute atomic E-state index is 0.0944. The highest BCUT2D eigenvalue weighted by molar-refractivity contribution is 5.88. The zero-order chi connectivity index (χ0) is 16.6. The maximum absolute atomic E-state index is 12.8. The summed E-state index contributed by atoms with van der Waals surface area (Å²) in [5, 5.41) is 6.31. The summed E-state index contributed by atoms with van der Waals surface area (Å²) >= 11 is 0. The number of carbonyl (C=O) groups excluding carboxylic acids is 1. The summed E-state index contributed by atoms with van der Waals surface area (Å²) in [6.45, 7) is 2.00. The van der Waals surface area contributed by atoms with E-state index in [1.165, 1.54) is 0 Å². The first kappa shape index (κ1) is 15.1. The molecule has 6 nitrogen and oxygen atoms in total. The monoisotopic (exact) mass is 323 g/mol. The minimum atomic E-state index is -0.579. The van der Waals surface area contributed by atoms with Crippen LogP contribution in [0.25, 0.3) is 0 Å². The maximum atomic E-state index is 12.8. The van der Waals surface area contributed by atoms with Crippen molar-refractivity contribution < 1.29 is 4.79 Å². The molecule has 2 N–H and O–H groups in total. The van der Waals surface area contributed by atoms with Crippen LogP contribution in [-0.2, 0) is 16.6 Å². The van der Waals surface area contributed by atoms with Gasteiger partial charge < -0.3 is 10.6 Å². The fourth-order valence-corrected chi connectivity index (χ4v) is 3.24. The van der Waals surface area contributed by atoms with E-state index in [2.05, 4.69) is 20.6 Å². The van der Waals surface area contributed by atoms with Gasteiger partial charge in [0.2, 0.25) is 11.9 Å². The third-order valence-electron chi connectivity index (χ3n) is 4.84. The van der Waals surface area contributed by atoms with Crippen molar-refractivity contribution in [2.24, 2.45) is 0 Å². The number of rotatable bonds is 4. The first-order valence-corrected chi connectivity index (χ1v) is 8.49. The number of nitrogens with one attached hydrogen (secondary N) is 2. The van der Waals surface area contributed by atoms with Gasteiger partial charge in [-0.3, -0.25) is 9.78 Å². The number of hydrogen-bond donors (Lipinski definition) is 2. The third kappa shape index (κ3) is 2.84. The lowest BCUT2D eigenvalue weighted by Crippen LogP contribution is -2.46. The van der Waals surface area contributed by atoms with Crippen LogP contribution in [0.2, 0.25) is 0 Å². The Morgan fingerprint density at radius 3 is 2.96 bits per heavy atom. The van der Waals surface area contributed by atoms with Crippen molar-refractivity contribution in [3.63, 3.8) is 0 Å². The standard InChI is InChI=1S/C18H21N5O/c1-18(16(24)21-13-6-7-13)8-2-4-12-10-20-17(23-15(12)18)22-14-5-3-9-19-11-14/h3,5,9-11,13H,2,4,6-8H2,1H3,(H,21,24)(H,20,22,23). The van der Waals surface area contributed by atoms with E-state index in [1.54, 1.807) is 12.4 Å². The van der Waals surface area contributed by atoms with Crippen LogP contribution in [0.1, 0.15) is 43.9 Å². The smallest absolute Gasteiger partial charge is 0.232 e. The molecule has 1 amide bonds. The van der Waals surface area contributed by atoms with E-state index < -0.39 is 5.41 Å². The Morgan fingerprint density at radius 2 is 2.21 bits per heavy atom. The van der Waals surface area contributed by atoms with Crippen molar-refractivity contribution >= 4 is 17.5 Å². The van der Waals surface area contributed by atoms with Crippen LogP contribution in [-0.4, -0.2) is 26.9 Å². The number of anilines is 2. The van der Waals surface area contributed by atoms with Gasteiger partial charge in [0, 0.05) is 18.4 Å². The summed E-state index contributed by atoms with van der Waals surface area (Å²) in [4.78, 5) is 26.0. The SMILES string of the molecule is CC1(C(=O)NC2CC2)CCCc2cnc(Nc3cccnc3)nc21. The van der Waals surface area contributed by atoms with Gasteiger partial charge in [0.05, 0.1) is 23.0 Å². The number of aryl methyl sites for hydroxylation is 1. The summed E-state index contributed by atoms with van der Waals surface area (Å²) in [5.74, 6) is 0.603. The van der Waals surface area contributed by atoms with Gasteiger partial charge >= 0.3 is 0 Å². The fourth-order valence-electron chi connectivity index (χ4n) is 3.24. The Hall–Kier alpha value is -2.50. The highest BCUT2D eigenvalue weighted by atomic mass is 16.2. The van der Waals surface area contributed by atoms with E-state index in [0.717, 1.165) is 49.0 Å². The maximum Gasteiger partial charge on any atom is 0.232 e. The number of amides is 1. The summed E-state index contributed by atoms with van der Waals surface area (Å²) in [5.41, 5.74) is 2.18. The molecule has 4 rings (SSSR count). The molecular formula is C18H21N5O. The first-order valence-electron chi connectivity index (χ1n) is 8.49. The van der Waals surface area contributed by atoms with Crippen LogP contribution in [0.3, 0.4) is 0 Å². The van der Waals surface area contributed by atoms with Crippen LogP contribution in [0, 0.1) is 0 Å². The molecule has 2 heterocycles. The molecule has 1 saturated carbocycles. The Kier molecular flexibility index (Phi) is 3.67. The number of hydrogen-bond acceptors (Lipinski definition) is 5. The van der Waals surface area contributed by atoms with E-state index in [9.17, 15) is 4.79 Å². The van der Waals surface area contributed by atoms with Crippen molar-refractivity contribution in [2.45, 2.75) is 50.5 Å². The second-order valence-electron chi connectivity index (χ2n) is 6.87. The van der Waals surface area contributed by atoms with Crippen molar-refractivity contribution in [1.29, 1.82) is 0 Å². The summed E-state index contributed by atoms with van der Waals surface area (Å²) in [6.07, 6.45) is 10.2. The average Bonchev–Trinajstić information content (AvgIpc) is 3.40. The van der Waals surface area contributed by atoms with Gasteiger partial charge in [0.1, 0.15) is 0 Å².